The van der Waals surface area contributed by atoms with Crippen LogP contribution in [0.3, 0.4) is 0 Å². The SMILES string of the molecule is COCCCC(O)c1ccc(OC)c(OC)c1. The molecule has 1 aromatic carbocycles. The first-order chi connectivity index (χ1) is 8.22. The van der Waals surface area contributed by atoms with E-state index in [-0.39, 0.29) is 0 Å². The van der Waals surface area contributed by atoms with Crippen molar-refractivity contribution in [3.8, 4) is 11.5 Å². The topological polar surface area (TPSA) is 47.9 Å². The highest BCUT2D eigenvalue weighted by atomic mass is 16.5. The van der Waals surface area contributed by atoms with E-state index < -0.39 is 6.10 Å². The minimum Gasteiger partial charge on any atom is -0.493 e. The normalized spacial score (nSPS) is 12.2. The monoisotopic (exact) mass is 240 g/mol. The van der Waals surface area contributed by atoms with E-state index in [0.717, 1.165) is 12.0 Å². The van der Waals surface area contributed by atoms with Crippen molar-refractivity contribution in [3.63, 3.8) is 0 Å². The van der Waals surface area contributed by atoms with E-state index in [1.54, 1.807) is 33.5 Å². The van der Waals surface area contributed by atoms with Crippen LogP contribution in [0.25, 0.3) is 0 Å². The Labute approximate surface area is 102 Å². The summed E-state index contributed by atoms with van der Waals surface area (Å²) in [6, 6.07) is 5.45. The fraction of sp³-hybridized carbons (Fsp3) is 0.538. The Bertz CT molecular complexity index is 338. The first-order valence-electron chi connectivity index (χ1n) is 5.61. The third-order valence-electron chi connectivity index (χ3n) is 2.62. The zero-order valence-corrected chi connectivity index (χ0v) is 10.6. The highest BCUT2D eigenvalue weighted by Gasteiger charge is 2.11. The van der Waals surface area contributed by atoms with Crippen LogP contribution >= 0.6 is 0 Å². The van der Waals surface area contributed by atoms with E-state index in [1.807, 2.05) is 6.07 Å². The lowest BCUT2D eigenvalue weighted by atomic mass is 10.0. The largest absolute Gasteiger partial charge is 0.493 e. The quantitative estimate of drug-likeness (QED) is 0.742. The number of hydrogen-bond donors (Lipinski definition) is 1. The highest BCUT2D eigenvalue weighted by Crippen LogP contribution is 2.31. The molecule has 17 heavy (non-hydrogen) atoms. The first-order valence-corrected chi connectivity index (χ1v) is 5.61. The van der Waals surface area contributed by atoms with Gasteiger partial charge in [0.1, 0.15) is 0 Å². The zero-order chi connectivity index (χ0) is 12.7. The van der Waals surface area contributed by atoms with Gasteiger partial charge >= 0.3 is 0 Å². The minimum absolute atomic E-state index is 0.495. The second-order valence-electron chi connectivity index (χ2n) is 3.77. The summed E-state index contributed by atoms with van der Waals surface area (Å²) in [6.07, 6.45) is 1.000. The Morgan fingerprint density at radius 1 is 1.12 bits per heavy atom. The van der Waals surface area contributed by atoms with Gasteiger partial charge in [-0.05, 0) is 30.5 Å². The van der Waals surface area contributed by atoms with Crippen molar-refractivity contribution in [2.45, 2.75) is 18.9 Å². The molecule has 0 saturated carbocycles. The summed E-state index contributed by atoms with van der Waals surface area (Å²) in [5, 5.41) is 9.98. The van der Waals surface area contributed by atoms with Gasteiger partial charge in [-0.1, -0.05) is 6.07 Å². The van der Waals surface area contributed by atoms with Gasteiger partial charge in [0.05, 0.1) is 20.3 Å². The van der Waals surface area contributed by atoms with Crippen LogP contribution in [0.15, 0.2) is 18.2 Å². The summed E-state index contributed by atoms with van der Waals surface area (Å²) in [7, 11) is 4.83. The van der Waals surface area contributed by atoms with Crippen LogP contribution < -0.4 is 9.47 Å². The second kappa shape index (κ2) is 7.14. The van der Waals surface area contributed by atoms with Crippen LogP contribution in [0.1, 0.15) is 24.5 Å². The molecule has 0 fully saturated rings. The van der Waals surface area contributed by atoms with Crippen LogP contribution in [0.5, 0.6) is 11.5 Å². The van der Waals surface area contributed by atoms with Crippen molar-refractivity contribution < 1.29 is 19.3 Å². The Balaban J connectivity index is 2.70. The van der Waals surface area contributed by atoms with E-state index in [4.69, 9.17) is 14.2 Å². The van der Waals surface area contributed by atoms with Crippen molar-refractivity contribution in [2.75, 3.05) is 27.9 Å². The van der Waals surface area contributed by atoms with Gasteiger partial charge in [0.25, 0.3) is 0 Å². The predicted molar refractivity (Wildman–Crippen MR) is 65.6 cm³/mol. The molecule has 1 N–H and O–H groups in total. The van der Waals surface area contributed by atoms with Crippen LogP contribution in [0.2, 0.25) is 0 Å². The number of hydrogen-bond acceptors (Lipinski definition) is 4. The van der Waals surface area contributed by atoms with Gasteiger partial charge in [0, 0.05) is 13.7 Å². The third kappa shape index (κ3) is 3.91. The van der Waals surface area contributed by atoms with Gasteiger partial charge in [0.2, 0.25) is 0 Å². The molecular weight excluding hydrogens is 220 g/mol. The fourth-order valence-corrected chi connectivity index (χ4v) is 1.65. The van der Waals surface area contributed by atoms with Gasteiger partial charge in [-0.2, -0.15) is 0 Å². The number of benzene rings is 1. The smallest absolute Gasteiger partial charge is 0.161 e. The van der Waals surface area contributed by atoms with Crippen molar-refractivity contribution >= 4 is 0 Å². The molecule has 0 spiro atoms. The van der Waals surface area contributed by atoms with E-state index in [0.29, 0.717) is 24.5 Å². The second-order valence-corrected chi connectivity index (χ2v) is 3.77. The maximum atomic E-state index is 9.98. The molecule has 0 aromatic heterocycles. The van der Waals surface area contributed by atoms with Crippen molar-refractivity contribution in [1.29, 1.82) is 0 Å². The summed E-state index contributed by atoms with van der Waals surface area (Å²) in [6.45, 7) is 0.657. The van der Waals surface area contributed by atoms with E-state index in [2.05, 4.69) is 0 Å². The van der Waals surface area contributed by atoms with Crippen LogP contribution in [-0.4, -0.2) is 33.0 Å². The molecule has 0 amide bonds. The van der Waals surface area contributed by atoms with Crippen molar-refractivity contribution in [3.05, 3.63) is 23.8 Å². The molecule has 4 nitrogen and oxygen atoms in total. The summed E-state index contributed by atoms with van der Waals surface area (Å²) in [5.74, 6) is 1.30. The molecule has 1 unspecified atom stereocenters. The van der Waals surface area contributed by atoms with Crippen molar-refractivity contribution in [1.82, 2.24) is 0 Å². The summed E-state index contributed by atoms with van der Waals surface area (Å²) < 4.78 is 15.3. The van der Waals surface area contributed by atoms with Crippen LogP contribution in [-0.2, 0) is 4.74 Å². The molecule has 0 saturated heterocycles. The molecule has 1 rings (SSSR count). The number of methoxy groups -OCH3 is 3. The van der Waals surface area contributed by atoms with Crippen LogP contribution in [0.4, 0.5) is 0 Å². The molecule has 0 aliphatic carbocycles. The molecule has 96 valence electrons. The molecule has 1 atom stereocenters. The third-order valence-corrected chi connectivity index (χ3v) is 2.62. The maximum absolute atomic E-state index is 9.98. The van der Waals surface area contributed by atoms with Gasteiger partial charge in [-0.3, -0.25) is 0 Å². The molecule has 0 heterocycles. The zero-order valence-electron chi connectivity index (χ0n) is 10.6. The summed E-state index contributed by atoms with van der Waals surface area (Å²) in [4.78, 5) is 0. The van der Waals surface area contributed by atoms with E-state index >= 15 is 0 Å². The Morgan fingerprint density at radius 3 is 2.41 bits per heavy atom. The molecular formula is C13H20O4. The standard InChI is InChI=1S/C13H20O4/c1-15-8-4-5-11(14)10-6-7-12(16-2)13(9-10)17-3/h6-7,9,11,14H,4-5,8H2,1-3H3. The minimum atomic E-state index is -0.495. The van der Waals surface area contributed by atoms with Crippen molar-refractivity contribution in [2.24, 2.45) is 0 Å². The summed E-state index contributed by atoms with van der Waals surface area (Å²) >= 11 is 0. The molecule has 0 bridgehead atoms. The average molecular weight is 240 g/mol. The Kier molecular flexibility index (Phi) is 5.80. The number of aliphatic hydroxyl groups is 1. The molecule has 0 radical (unpaired) electrons. The Hall–Kier alpha value is -1.26. The predicted octanol–water partition coefficient (Wildman–Crippen LogP) is 2.16. The summed E-state index contributed by atoms with van der Waals surface area (Å²) in [5.41, 5.74) is 0.832. The van der Waals surface area contributed by atoms with E-state index in [1.165, 1.54) is 0 Å². The van der Waals surface area contributed by atoms with E-state index in [9.17, 15) is 5.11 Å². The highest BCUT2D eigenvalue weighted by molar-refractivity contribution is 5.43. The van der Waals surface area contributed by atoms with Gasteiger partial charge in [-0.15, -0.1) is 0 Å². The maximum Gasteiger partial charge on any atom is 0.161 e. The number of ether oxygens (including phenoxy) is 3. The van der Waals surface area contributed by atoms with Gasteiger partial charge < -0.3 is 19.3 Å². The van der Waals surface area contributed by atoms with Gasteiger partial charge in [-0.25, -0.2) is 0 Å². The van der Waals surface area contributed by atoms with Crippen LogP contribution in [0, 0.1) is 0 Å². The fourth-order valence-electron chi connectivity index (χ4n) is 1.65. The molecule has 0 aliphatic heterocycles. The first kappa shape index (κ1) is 13.8. The van der Waals surface area contributed by atoms with Gasteiger partial charge in [0.15, 0.2) is 11.5 Å². The molecule has 1 aromatic rings. The lowest BCUT2D eigenvalue weighted by molar-refractivity contribution is 0.136. The number of rotatable bonds is 7. The molecule has 4 heteroatoms. The lowest BCUT2D eigenvalue weighted by Crippen LogP contribution is -2.01. The molecule has 0 aliphatic rings. The Morgan fingerprint density at radius 2 is 1.82 bits per heavy atom. The number of aliphatic hydroxyl groups excluding tert-OH is 1. The lowest BCUT2D eigenvalue weighted by Gasteiger charge is -2.14. The average Bonchev–Trinajstić information content (AvgIpc) is 2.38.